The molecule has 0 aromatic carbocycles. The number of esters is 2. The zero-order chi connectivity index (χ0) is 35.4. The minimum absolute atomic E-state index is 0.0390. The lowest BCUT2D eigenvalue weighted by molar-refractivity contribution is -0.161. The van der Waals surface area contributed by atoms with Crippen LogP contribution in [0.5, 0.6) is 0 Å². The van der Waals surface area contributed by atoms with Crippen LogP contribution in [0.15, 0.2) is 72.9 Å². The van der Waals surface area contributed by atoms with Crippen LogP contribution in [0.4, 0.5) is 0 Å². The molecule has 0 saturated carbocycles. The van der Waals surface area contributed by atoms with E-state index in [0.717, 1.165) is 64.2 Å². The first-order valence-electron chi connectivity index (χ1n) is 17.9. The van der Waals surface area contributed by atoms with Crippen LogP contribution >= 0.6 is 7.82 Å². The molecule has 0 bridgehead atoms. The Morgan fingerprint density at radius 1 is 0.646 bits per heavy atom. The van der Waals surface area contributed by atoms with E-state index in [-0.39, 0.29) is 32.6 Å². The fourth-order valence-electron chi connectivity index (χ4n) is 4.25. The molecule has 0 radical (unpaired) electrons. The molecule has 10 heteroatoms. The summed E-state index contributed by atoms with van der Waals surface area (Å²) in [5.74, 6) is -0.940. The highest BCUT2D eigenvalue weighted by Gasteiger charge is 2.25. The van der Waals surface area contributed by atoms with Crippen LogP contribution in [-0.4, -0.2) is 49.3 Å². The maximum Gasteiger partial charge on any atom is 0.472 e. The number of rotatable bonds is 32. The van der Waals surface area contributed by atoms with Gasteiger partial charge in [-0.25, -0.2) is 4.57 Å². The molecular weight excluding hydrogens is 629 g/mol. The number of hydrogen-bond donors (Lipinski definition) is 2. The van der Waals surface area contributed by atoms with E-state index < -0.39 is 32.5 Å². The van der Waals surface area contributed by atoms with E-state index in [1.165, 1.54) is 25.7 Å². The van der Waals surface area contributed by atoms with E-state index in [4.69, 9.17) is 24.3 Å². The molecule has 0 fully saturated rings. The molecule has 48 heavy (non-hydrogen) atoms. The number of hydrogen-bond acceptors (Lipinski definition) is 8. The third-order valence-corrected chi connectivity index (χ3v) is 7.85. The first-order chi connectivity index (χ1) is 23.3. The van der Waals surface area contributed by atoms with Crippen LogP contribution < -0.4 is 5.73 Å². The molecule has 0 aromatic rings. The van der Waals surface area contributed by atoms with Gasteiger partial charge in [0.05, 0.1) is 13.2 Å². The number of ether oxygens (including phenoxy) is 2. The number of phosphoric acid groups is 1. The Labute approximate surface area is 291 Å². The Balaban J connectivity index is 4.39. The minimum Gasteiger partial charge on any atom is -0.462 e. The Morgan fingerprint density at radius 2 is 1.15 bits per heavy atom. The smallest absolute Gasteiger partial charge is 0.462 e. The van der Waals surface area contributed by atoms with Crippen molar-refractivity contribution in [2.45, 2.75) is 129 Å². The largest absolute Gasteiger partial charge is 0.472 e. The van der Waals surface area contributed by atoms with Gasteiger partial charge in [-0.1, -0.05) is 132 Å². The molecule has 0 aliphatic carbocycles. The number of allylic oxidation sites excluding steroid dienone is 12. The normalized spacial score (nSPS) is 14.3. The van der Waals surface area contributed by atoms with Crippen molar-refractivity contribution in [1.29, 1.82) is 0 Å². The van der Waals surface area contributed by atoms with Gasteiger partial charge in [-0.3, -0.25) is 18.6 Å². The number of carbonyl (C=O) groups is 2. The van der Waals surface area contributed by atoms with E-state index in [0.29, 0.717) is 6.42 Å². The van der Waals surface area contributed by atoms with Crippen LogP contribution in [0.25, 0.3) is 0 Å². The summed E-state index contributed by atoms with van der Waals surface area (Å²) in [5, 5.41) is 0. The van der Waals surface area contributed by atoms with Crippen LogP contribution in [0, 0.1) is 0 Å². The molecule has 0 amide bonds. The molecule has 2 atom stereocenters. The fourth-order valence-corrected chi connectivity index (χ4v) is 5.01. The zero-order valence-corrected chi connectivity index (χ0v) is 30.6. The summed E-state index contributed by atoms with van der Waals surface area (Å²) in [6, 6.07) is 0. The molecule has 0 aliphatic heterocycles. The van der Waals surface area contributed by atoms with Gasteiger partial charge in [-0.2, -0.15) is 0 Å². The van der Waals surface area contributed by atoms with Crippen molar-refractivity contribution in [3.8, 4) is 0 Å². The maximum absolute atomic E-state index is 12.5. The van der Waals surface area contributed by atoms with Crippen molar-refractivity contribution in [3.05, 3.63) is 72.9 Å². The number of phosphoric ester groups is 1. The average Bonchev–Trinajstić information content (AvgIpc) is 3.07. The first kappa shape index (κ1) is 45.5. The first-order valence-corrected chi connectivity index (χ1v) is 19.4. The van der Waals surface area contributed by atoms with E-state index in [1.807, 2.05) is 12.2 Å². The van der Waals surface area contributed by atoms with Gasteiger partial charge in [0.1, 0.15) is 6.61 Å². The van der Waals surface area contributed by atoms with E-state index in [2.05, 4.69) is 74.6 Å². The molecule has 0 rings (SSSR count). The molecule has 0 aliphatic rings. The van der Waals surface area contributed by atoms with E-state index >= 15 is 0 Å². The second-order valence-electron chi connectivity index (χ2n) is 11.4. The molecule has 2 unspecified atom stereocenters. The zero-order valence-electron chi connectivity index (χ0n) is 29.7. The van der Waals surface area contributed by atoms with Crippen molar-refractivity contribution < 1.29 is 37.6 Å². The van der Waals surface area contributed by atoms with Gasteiger partial charge >= 0.3 is 19.8 Å². The molecule has 0 saturated heterocycles. The predicted molar refractivity (Wildman–Crippen MR) is 196 cm³/mol. The Kier molecular flexibility index (Phi) is 32.5. The van der Waals surface area contributed by atoms with Crippen LogP contribution in [0.3, 0.4) is 0 Å². The Morgan fingerprint density at radius 3 is 1.67 bits per heavy atom. The van der Waals surface area contributed by atoms with Crippen LogP contribution in [0.2, 0.25) is 0 Å². The van der Waals surface area contributed by atoms with Crippen molar-refractivity contribution in [3.63, 3.8) is 0 Å². The van der Waals surface area contributed by atoms with Crippen molar-refractivity contribution in [2.24, 2.45) is 5.73 Å². The lowest BCUT2D eigenvalue weighted by Gasteiger charge is -2.19. The topological polar surface area (TPSA) is 134 Å². The average molecular weight is 694 g/mol. The van der Waals surface area contributed by atoms with Gasteiger partial charge in [0, 0.05) is 19.4 Å². The lowest BCUT2D eigenvalue weighted by atomic mass is 10.1. The lowest BCUT2D eigenvalue weighted by Crippen LogP contribution is -2.29. The number of nitrogens with two attached hydrogens (primary N) is 1. The third kappa shape index (κ3) is 33.4. The van der Waals surface area contributed by atoms with Crippen molar-refractivity contribution in [1.82, 2.24) is 0 Å². The summed E-state index contributed by atoms with van der Waals surface area (Å²) in [6.45, 7) is 3.45. The van der Waals surface area contributed by atoms with Gasteiger partial charge in [0.2, 0.25) is 0 Å². The highest BCUT2D eigenvalue weighted by Crippen LogP contribution is 2.43. The summed E-state index contributed by atoms with van der Waals surface area (Å²) < 4.78 is 32.4. The summed E-state index contributed by atoms with van der Waals surface area (Å²) in [6.07, 6.45) is 39.6. The highest BCUT2D eigenvalue weighted by molar-refractivity contribution is 7.47. The van der Waals surface area contributed by atoms with Crippen molar-refractivity contribution >= 4 is 19.8 Å². The van der Waals surface area contributed by atoms with Gasteiger partial charge in [-0.15, -0.1) is 0 Å². The summed E-state index contributed by atoms with van der Waals surface area (Å²) in [4.78, 5) is 34.5. The van der Waals surface area contributed by atoms with E-state index in [1.54, 1.807) is 0 Å². The van der Waals surface area contributed by atoms with E-state index in [9.17, 15) is 19.0 Å². The molecular formula is C38H64NO8P. The van der Waals surface area contributed by atoms with Gasteiger partial charge in [0.15, 0.2) is 6.10 Å². The summed E-state index contributed by atoms with van der Waals surface area (Å²) in [5.41, 5.74) is 5.31. The fraction of sp³-hybridized carbons (Fsp3) is 0.632. The summed E-state index contributed by atoms with van der Waals surface area (Å²) >= 11 is 0. The van der Waals surface area contributed by atoms with Crippen molar-refractivity contribution in [2.75, 3.05) is 26.4 Å². The second-order valence-corrected chi connectivity index (χ2v) is 12.8. The standard InChI is InChI=1S/C38H64NO8P/c1-3-5-7-9-11-13-14-15-16-17-18-19-20-21-22-23-25-27-29-31-38(41)47-36(35-46-48(42,43)45-33-32-39)34-44-37(40)30-28-26-24-12-10-8-6-4-2/h5,7,11,13,15-16,18-19,21-22,25,27,36H,3-4,6,8-10,12,14,17,20,23-24,26,28-35,39H2,1-2H3,(H,42,43)/b7-5-,13-11-,16-15-,19-18-,22-21-,27-25-. The maximum atomic E-state index is 12.5. The molecule has 9 nitrogen and oxygen atoms in total. The van der Waals surface area contributed by atoms with Crippen LogP contribution in [-0.2, 0) is 32.7 Å². The van der Waals surface area contributed by atoms with Gasteiger partial charge < -0.3 is 20.1 Å². The predicted octanol–water partition coefficient (Wildman–Crippen LogP) is 9.54. The molecule has 3 N–H and O–H groups in total. The third-order valence-electron chi connectivity index (χ3n) is 6.87. The quantitative estimate of drug-likeness (QED) is 0.0306. The van der Waals surface area contributed by atoms with Crippen LogP contribution in [0.1, 0.15) is 123 Å². The minimum atomic E-state index is -4.39. The molecule has 0 heterocycles. The van der Waals surface area contributed by atoms with Gasteiger partial charge in [-0.05, 0) is 51.4 Å². The van der Waals surface area contributed by atoms with Gasteiger partial charge in [0.25, 0.3) is 0 Å². The Bertz CT molecular complexity index is 1020. The number of unbranched alkanes of at least 4 members (excludes halogenated alkanes) is 7. The Hall–Kier alpha value is -2.55. The monoisotopic (exact) mass is 693 g/mol. The molecule has 274 valence electrons. The second kappa shape index (κ2) is 34.3. The number of carbonyl (C=O) groups excluding carboxylic acids is 2. The molecule has 0 spiro atoms. The molecule has 0 aromatic heterocycles. The highest BCUT2D eigenvalue weighted by atomic mass is 31.2. The summed E-state index contributed by atoms with van der Waals surface area (Å²) in [7, 11) is -4.39. The SMILES string of the molecule is CC/C=C\C/C=C\C/C=C\C/C=C\C/C=C\C/C=C\CCC(=O)OC(COC(=O)CCCCCCCCCC)COP(=O)(O)OCCN.